The Kier molecular flexibility index (Phi) is 5.59. The second-order valence-corrected chi connectivity index (χ2v) is 5.95. The molecule has 0 fully saturated rings. The zero-order valence-corrected chi connectivity index (χ0v) is 13.5. The molecule has 0 radical (unpaired) electrons. The predicted octanol–water partition coefficient (Wildman–Crippen LogP) is 3.28. The van der Waals surface area contributed by atoms with Gasteiger partial charge in [0.2, 0.25) is 0 Å². The van der Waals surface area contributed by atoms with Gasteiger partial charge in [-0.2, -0.15) is 0 Å². The largest absolute Gasteiger partial charge is 0.492 e. The van der Waals surface area contributed by atoms with Crippen molar-refractivity contribution >= 4 is 10.8 Å². The molecular weight excluding hydrogens is 260 g/mol. The fraction of sp³-hybridized carbons (Fsp3) is 0.444. The molecule has 3 heteroatoms. The van der Waals surface area contributed by atoms with Gasteiger partial charge >= 0.3 is 0 Å². The minimum Gasteiger partial charge on any atom is -0.492 e. The van der Waals surface area contributed by atoms with Crippen molar-refractivity contribution in [2.24, 2.45) is 0 Å². The predicted molar refractivity (Wildman–Crippen MR) is 90.0 cm³/mol. The summed E-state index contributed by atoms with van der Waals surface area (Å²) in [5, 5.41) is 6.04. The topological polar surface area (TPSA) is 24.5 Å². The van der Waals surface area contributed by atoms with E-state index in [1.807, 2.05) is 0 Å². The van der Waals surface area contributed by atoms with Crippen LogP contribution < -0.4 is 10.1 Å². The molecule has 21 heavy (non-hydrogen) atoms. The van der Waals surface area contributed by atoms with Gasteiger partial charge in [0.05, 0.1) is 0 Å². The first-order valence-corrected chi connectivity index (χ1v) is 7.59. The van der Waals surface area contributed by atoms with Gasteiger partial charge in [-0.25, -0.2) is 0 Å². The summed E-state index contributed by atoms with van der Waals surface area (Å²) in [4.78, 5) is 2.13. The highest BCUT2D eigenvalue weighted by Gasteiger charge is 2.09. The smallest absolute Gasteiger partial charge is 0.124 e. The molecule has 2 rings (SSSR count). The molecule has 114 valence electrons. The first-order valence-electron chi connectivity index (χ1n) is 7.59. The highest BCUT2D eigenvalue weighted by atomic mass is 16.5. The van der Waals surface area contributed by atoms with Crippen LogP contribution in [0.2, 0.25) is 0 Å². The van der Waals surface area contributed by atoms with Crippen molar-refractivity contribution < 1.29 is 4.74 Å². The molecule has 2 aromatic carbocycles. The van der Waals surface area contributed by atoms with Crippen LogP contribution in [0.5, 0.6) is 5.75 Å². The van der Waals surface area contributed by atoms with Crippen LogP contribution in [0, 0.1) is 0 Å². The zero-order valence-electron chi connectivity index (χ0n) is 13.5. The van der Waals surface area contributed by atoms with E-state index >= 15 is 0 Å². The molecule has 0 saturated carbocycles. The number of likely N-dealkylation sites (N-methyl/N-ethyl adjacent to an activating group) is 1. The third-order valence-corrected chi connectivity index (χ3v) is 3.48. The number of benzene rings is 2. The van der Waals surface area contributed by atoms with E-state index in [1.165, 1.54) is 16.3 Å². The molecule has 0 amide bonds. The number of fused-ring (bicyclic) bond motifs is 1. The Hall–Kier alpha value is -1.58. The number of hydrogen-bond donors (Lipinski definition) is 1. The molecule has 1 N–H and O–H groups in total. The molecule has 0 unspecified atom stereocenters. The van der Waals surface area contributed by atoms with E-state index in [9.17, 15) is 0 Å². The molecule has 0 saturated heterocycles. The fourth-order valence-corrected chi connectivity index (χ4v) is 2.28. The van der Waals surface area contributed by atoms with Crippen LogP contribution in [0.4, 0.5) is 0 Å². The Balaban J connectivity index is 2.27. The molecule has 0 aliphatic heterocycles. The molecule has 0 atom stereocenters. The lowest BCUT2D eigenvalue weighted by Crippen LogP contribution is -2.23. The quantitative estimate of drug-likeness (QED) is 0.845. The van der Waals surface area contributed by atoms with Crippen molar-refractivity contribution in [2.75, 3.05) is 27.2 Å². The third kappa shape index (κ3) is 4.45. The number of hydrogen-bond acceptors (Lipinski definition) is 3. The van der Waals surface area contributed by atoms with Gasteiger partial charge < -0.3 is 15.0 Å². The normalized spacial score (nSPS) is 11.5. The van der Waals surface area contributed by atoms with Gasteiger partial charge in [0, 0.05) is 24.7 Å². The molecule has 0 aliphatic rings. The average Bonchev–Trinajstić information content (AvgIpc) is 2.45. The van der Waals surface area contributed by atoms with Crippen molar-refractivity contribution in [3.8, 4) is 5.75 Å². The van der Waals surface area contributed by atoms with Gasteiger partial charge in [-0.3, -0.25) is 0 Å². The minimum absolute atomic E-state index is 0.457. The highest BCUT2D eigenvalue weighted by molar-refractivity contribution is 5.87. The highest BCUT2D eigenvalue weighted by Crippen LogP contribution is 2.28. The van der Waals surface area contributed by atoms with Crippen molar-refractivity contribution in [2.45, 2.75) is 26.4 Å². The average molecular weight is 286 g/mol. The lowest BCUT2D eigenvalue weighted by molar-refractivity contribution is 0.259. The van der Waals surface area contributed by atoms with E-state index in [0.29, 0.717) is 12.6 Å². The SMILES string of the molecule is CC(C)NCc1c(OCCN(C)C)ccc2ccccc12. The number of nitrogens with one attached hydrogen (secondary N) is 1. The zero-order chi connectivity index (χ0) is 15.2. The van der Waals surface area contributed by atoms with E-state index in [4.69, 9.17) is 4.74 Å². The van der Waals surface area contributed by atoms with Crippen LogP contribution >= 0.6 is 0 Å². The molecule has 2 aromatic rings. The maximum Gasteiger partial charge on any atom is 0.124 e. The van der Waals surface area contributed by atoms with Crippen LogP contribution in [-0.4, -0.2) is 38.2 Å². The summed E-state index contributed by atoms with van der Waals surface area (Å²) in [5.74, 6) is 0.990. The van der Waals surface area contributed by atoms with E-state index in [1.54, 1.807) is 0 Å². The summed E-state index contributed by atoms with van der Waals surface area (Å²) in [6.45, 7) is 6.79. The molecule has 0 heterocycles. The standard InChI is InChI=1S/C18H26N2O/c1-14(2)19-13-17-16-8-6-5-7-15(16)9-10-18(17)21-12-11-20(3)4/h5-10,14,19H,11-13H2,1-4H3. The Labute approximate surface area is 127 Å². The van der Waals surface area contributed by atoms with Crippen LogP contribution in [-0.2, 0) is 6.54 Å². The number of rotatable bonds is 7. The lowest BCUT2D eigenvalue weighted by Gasteiger charge is -2.17. The maximum absolute atomic E-state index is 6.01. The Morgan fingerprint density at radius 1 is 1.10 bits per heavy atom. The second-order valence-electron chi connectivity index (χ2n) is 5.95. The number of ether oxygens (including phenoxy) is 1. The van der Waals surface area contributed by atoms with Crippen molar-refractivity contribution in [3.05, 3.63) is 42.0 Å². The summed E-state index contributed by atoms with van der Waals surface area (Å²) in [5.41, 5.74) is 1.25. The van der Waals surface area contributed by atoms with E-state index < -0.39 is 0 Å². The van der Waals surface area contributed by atoms with Crippen LogP contribution in [0.3, 0.4) is 0 Å². The molecular formula is C18H26N2O. The molecule has 0 bridgehead atoms. The summed E-state index contributed by atoms with van der Waals surface area (Å²) >= 11 is 0. The molecule has 0 aromatic heterocycles. The van der Waals surface area contributed by atoms with Gasteiger partial charge in [-0.05, 0) is 30.9 Å². The first-order chi connectivity index (χ1) is 10.1. The molecule has 0 aliphatic carbocycles. The monoisotopic (exact) mass is 286 g/mol. The van der Waals surface area contributed by atoms with Gasteiger partial charge in [0.1, 0.15) is 12.4 Å². The minimum atomic E-state index is 0.457. The van der Waals surface area contributed by atoms with E-state index in [2.05, 4.69) is 74.6 Å². The first kappa shape index (κ1) is 15.8. The van der Waals surface area contributed by atoms with Gasteiger partial charge in [0.25, 0.3) is 0 Å². The van der Waals surface area contributed by atoms with Crippen LogP contribution in [0.25, 0.3) is 10.8 Å². The molecule has 0 spiro atoms. The number of nitrogens with zero attached hydrogens (tertiary/aromatic N) is 1. The summed E-state index contributed by atoms with van der Waals surface area (Å²) in [6, 6.07) is 13.2. The van der Waals surface area contributed by atoms with Gasteiger partial charge in [-0.15, -0.1) is 0 Å². The Bertz CT molecular complexity index is 578. The van der Waals surface area contributed by atoms with E-state index in [0.717, 1.165) is 18.8 Å². The van der Waals surface area contributed by atoms with Gasteiger partial charge in [-0.1, -0.05) is 44.2 Å². The van der Waals surface area contributed by atoms with Crippen molar-refractivity contribution in [1.29, 1.82) is 0 Å². The van der Waals surface area contributed by atoms with Crippen molar-refractivity contribution in [1.82, 2.24) is 10.2 Å². The summed E-state index contributed by atoms with van der Waals surface area (Å²) < 4.78 is 6.01. The Morgan fingerprint density at radius 3 is 2.57 bits per heavy atom. The maximum atomic E-state index is 6.01. The Morgan fingerprint density at radius 2 is 1.86 bits per heavy atom. The lowest BCUT2D eigenvalue weighted by atomic mass is 10.0. The fourth-order valence-electron chi connectivity index (χ4n) is 2.28. The van der Waals surface area contributed by atoms with E-state index in [-0.39, 0.29) is 0 Å². The van der Waals surface area contributed by atoms with Crippen LogP contribution in [0.15, 0.2) is 36.4 Å². The van der Waals surface area contributed by atoms with Crippen LogP contribution in [0.1, 0.15) is 19.4 Å². The summed E-state index contributed by atoms with van der Waals surface area (Å²) in [6.07, 6.45) is 0. The molecule has 3 nitrogen and oxygen atoms in total. The second kappa shape index (κ2) is 7.43. The summed E-state index contributed by atoms with van der Waals surface area (Å²) in [7, 11) is 4.12. The third-order valence-electron chi connectivity index (χ3n) is 3.48. The van der Waals surface area contributed by atoms with Gasteiger partial charge in [0.15, 0.2) is 0 Å². The van der Waals surface area contributed by atoms with Crippen molar-refractivity contribution in [3.63, 3.8) is 0 Å².